The van der Waals surface area contributed by atoms with Gasteiger partial charge >= 0.3 is 0 Å². The molecule has 2 heterocycles. The van der Waals surface area contributed by atoms with Crippen LogP contribution < -0.4 is 10.9 Å². The molecular formula is C14H11BrN4O3S. The molecule has 0 aliphatic carbocycles. The van der Waals surface area contributed by atoms with Gasteiger partial charge in [0.1, 0.15) is 11.2 Å². The Morgan fingerprint density at radius 3 is 2.87 bits per heavy atom. The Bertz CT molecular complexity index is 827. The molecule has 0 saturated carbocycles. The third-order valence-electron chi connectivity index (χ3n) is 2.81. The van der Waals surface area contributed by atoms with Gasteiger partial charge in [-0.3, -0.25) is 20.4 Å². The maximum Gasteiger partial charge on any atom is 0.286 e. The number of nitrogens with one attached hydrogen (secondary N) is 3. The van der Waals surface area contributed by atoms with E-state index in [9.17, 15) is 9.59 Å². The summed E-state index contributed by atoms with van der Waals surface area (Å²) in [5.41, 5.74) is 6.39. The van der Waals surface area contributed by atoms with E-state index in [4.69, 9.17) is 4.42 Å². The average molecular weight is 395 g/mol. The van der Waals surface area contributed by atoms with Crippen molar-refractivity contribution in [3.05, 3.63) is 46.7 Å². The first-order valence-corrected chi connectivity index (χ1v) is 8.31. The molecule has 118 valence electrons. The van der Waals surface area contributed by atoms with E-state index < -0.39 is 5.91 Å². The number of oxazole rings is 1. The van der Waals surface area contributed by atoms with Gasteiger partial charge in [0, 0.05) is 10.7 Å². The first-order chi connectivity index (χ1) is 11.1. The molecule has 3 rings (SSSR count). The molecule has 0 bridgehead atoms. The van der Waals surface area contributed by atoms with Crippen LogP contribution in [0.15, 0.2) is 50.6 Å². The van der Waals surface area contributed by atoms with Gasteiger partial charge in [-0.15, -0.1) is 0 Å². The van der Waals surface area contributed by atoms with Crippen LogP contribution in [0.3, 0.4) is 0 Å². The third-order valence-corrected chi connectivity index (χ3v) is 4.09. The fraction of sp³-hybridized carbons (Fsp3) is 0.0714. The normalized spacial score (nSPS) is 10.7. The van der Waals surface area contributed by atoms with Crippen molar-refractivity contribution in [2.75, 3.05) is 5.75 Å². The van der Waals surface area contributed by atoms with E-state index in [0.29, 0.717) is 16.5 Å². The lowest BCUT2D eigenvalue weighted by atomic mass is 10.3. The number of hydrogen-bond donors (Lipinski definition) is 3. The van der Waals surface area contributed by atoms with Crippen molar-refractivity contribution in [2.45, 2.75) is 5.22 Å². The molecule has 2 amide bonds. The smallest absolute Gasteiger partial charge is 0.286 e. The lowest BCUT2D eigenvalue weighted by Gasteiger charge is -2.05. The number of hydrazine groups is 1. The number of aromatic amines is 1. The first kappa shape index (κ1) is 15.6. The van der Waals surface area contributed by atoms with Crippen molar-refractivity contribution in [1.29, 1.82) is 0 Å². The fourth-order valence-corrected chi connectivity index (χ4v) is 2.75. The van der Waals surface area contributed by atoms with Gasteiger partial charge in [-0.05, 0) is 34.1 Å². The van der Waals surface area contributed by atoms with Gasteiger partial charge in [-0.2, -0.15) is 0 Å². The quantitative estimate of drug-likeness (QED) is 0.466. The van der Waals surface area contributed by atoms with E-state index in [1.54, 1.807) is 18.3 Å². The predicted molar refractivity (Wildman–Crippen MR) is 88.8 cm³/mol. The number of hydrogen-bond acceptors (Lipinski definition) is 5. The van der Waals surface area contributed by atoms with Gasteiger partial charge in [0.05, 0.1) is 5.75 Å². The van der Waals surface area contributed by atoms with Crippen molar-refractivity contribution in [1.82, 2.24) is 20.8 Å². The molecule has 0 aliphatic heterocycles. The topological polar surface area (TPSA) is 100 Å². The van der Waals surface area contributed by atoms with Gasteiger partial charge in [0.2, 0.25) is 5.91 Å². The molecule has 0 saturated heterocycles. The van der Waals surface area contributed by atoms with Crippen LogP contribution in [-0.4, -0.2) is 27.5 Å². The minimum absolute atomic E-state index is 0.0710. The second kappa shape index (κ2) is 6.88. The largest absolute Gasteiger partial charge is 0.431 e. The summed E-state index contributed by atoms with van der Waals surface area (Å²) >= 11 is 4.38. The van der Waals surface area contributed by atoms with E-state index in [1.165, 1.54) is 0 Å². The van der Waals surface area contributed by atoms with Crippen molar-refractivity contribution in [2.24, 2.45) is 0 Å². The highest BCUT2D eigenvalue weighted by molar-refractivity contribution is 9.10. The highest BCUT2D eigenvalue weighted by Crippen LogP contribution is 2.22. The van der Waals surface area contributed by atoms with Gasteiger partial charge in [0.25, 0.3) is 11.1 Å². The Morgan fingerprint density at radius 1 is 1.30 bits per heavy atom. The molecule has 3 N–H and O–H groups in total. The summed E-state index contributed by atoms with van der Waals surface area (Å²) in [4.78, 5) is 30.5. The van der Waals surface area contributed by atoms with E-state index in [0.717, 1.165) is 21.8 Å². The third kappa shape index (κ3) is 3.93. The lowest BCUT2D eigenvalue weighted by molar-refractivity contribution is -0.119. The monoisotopic (exact) mass is 394 g/mol. The van der Waals surface area contributed by atoms with E-state index in [1.807, 2.05) is 18.2 Å². The Hall–Kier alpha value is -2.26. The number of fused-ring (bicyclic) bond motifs is 1. The van der Waals surface area contributed by atoms with Crippen molar-refractivity contribution in [3.8, 4) is 0 Å². The Kier molecular flexibility index (Phi) is 4.68. The number of thioether (sulfide) groups is 1. The van der Waals surface area contributed by atoms with E-state index >= 15 is 0 Å². The summed E-state index contributed by atoms with van der Waals surface area (Å²) in [5.74, 6) is -0.728. The zero-order valence-electron chi connectivity index (χ0n) is 11.6. The number of halogens is 1. The number of nitrogens with zero attached hydrogens (tertiary/aromatic N) is 1. The van der Waals surface area contributed by atoms with Crippen LogP contribution in [0.2, 0.25) is 0 Å². The standard InChI is InChI=1S/C14H11BrN4O3S/c15-8-5-10(16-6-8)13(21)19-18-12(20)7-23-14-17-9-3-1-2-4-11(9)22-14/h1-6,16H,7H2,(H,18,20)(H,19,21). The van der Waals surface area contributed by atoms with Crippen LogP contribution in [0.5, 0.6) is 0 Å². The molecule has 0 aliphatic rings. The number of aromatic nitrogens is 2. The van der Waals surface area contributed by atoms with Crippen LogP contribution in [0.4, 0.5) is 0 Å². The molecule has 0 atom stereocenters. The van der Waals surface area contributed by atoms with Gasteiger partial charge in [0.15, 0.2) is 5.58 Å². The van der Waals surface area contributed by atoms with Crippen LogP contribution in [0.1, 0.15) is 10.5 Å². The second-order valence-electron chi connectivity index (χ2n) is 4.47. The molecular weight excluding hydrogens is 384 g/mol. The molecule has 0 fully saturated rings. The van der Waals surface area contributed by atoms with Crippen molar-refractivity contribution < 1.29 is 14.0 Å². The Balaban J connectivity index is 1.48. The zero-order chi connectivity index (χ0) is 16.2. The second-order valence-corrected chi connectivity index (χ2v) is 6.31. The number of H-pyrrole nitrogens is 1. The molecule has 1 aromatic carbocycles. The van der Waals surface area contributed by atoms with E-state index in [-0.39, 0.29) is 11.7 Å². The highest BCUT2D eigenvalue weighted by Gasteiger charge is 2.11. The van der Waals surface area contributed by atoms with Crippen molar-refractivity contribution >= 4 is 50.6 Å². The molecule has 9 heteroatoms. The summed E-state index contributed by atoms with van der Waals surface area (Å²) < 4.78 is 6.24. The molecule has 2 aromatic heterocycles. The van der Waals surface area contributed by atoms with Gasteiger partial charge < -0.3 is 9.40 Å². The number of rotatable bonds is 4. The SMILES string of the molecule is O=C(CSc1nc2ccccc2o1)NNC(=O)c1cc(Br)c[nH]1. The van der Waals surface area contributed by atoms with Crippen LogP contribution in [0.25, 0.3) is 11.1 Å². The summed E-state index contributed by atoms with van der Waals surface area (Å²) in [7, 11) is 0. The minimum Gasteiger partial charge on any atom is -0.431 e. The number of carbonyl (C=O) groups is 2. The Morgan fingerprint density at radius 2 is 2.13 bits per heavy atom. The lowest BCUT2D eigenvalue weighted by Crippen LogP contribution is -2.42. The Labute approximate surface area is 143 Å². The molecule has 0 spiro atoms. The van der Waals surface area contributed by atoms with Gasteiger partial charge in [-0.1, -0.05) is 23.9 Å². The predicted octanol–water partition coefficient (Wildman–Crippen LogP) is 2.47. The molecule has 23 heavy (non-hydrogen) atoms. The number of para-hydroxylation sites is 2. The van der Waals surface area contributed by atoms with Crippen LogP contribution in [0, 0.1) is 0 Å². The fourth-order valence-electron chi connectivity index (χ4n) is 1.77. The minimum atomic E-state index is -0.434. The molecule has 0 radical (unpaired) electrons. The van der Waals surface area contributed by atoms with Crippen LogP contribution >= 0.6 is 27.7 Å². The molecule has 7 nitrogen and oxygen atoms in total. The summed E-state index contributed by atoms with van der Waals surface area (Å²) in [6, 6.07) is 8.96. The number of benzene rings is 1. The van der Waals surface area contributed by atoms with Crippen molar-refractivity contribution in [3.63, 3.8) is 0 Å². The number of amides is 2. The maximum absolute atomic E-state index is 11.7. The summed E-state index contributed by atoms with van der Waals surface area (Å²) in [5, 5.41) is 0.404. The highest BCUT2D eigenvalue weighted by atomic mass is 79.9. The summed E-state index contributed by atoms with van der Waals surface area (Å²) in [6.07, 6.45) is 1.62. The zero-order valence-corrected chi connectivity index (χ0v) is 14.0. The van der Waals surface area contributed by atoms with Gasteiger partial charge in [-0.25, -0.2) is 4.98 Å². The van der Waals surface area contributed by atoms with E-state index in [2.05, 4.69) is 36.7 Å². The average Bonchev–Trinajstić information content (AvgIpc) is 3.16. The summed E-state index contributed by atoms with van der Waals surface area (Å²) in [6.45, 7) is 0. The first-order valence-electron chi connectivity index (χ1n) is 6.53. The van der Waals surface area contributed by atoms with Crippen LogP contribution in [-0.2, 0) is 4.79 Å². The molecule has 0 unspecified atom stereocenters. The molecule has 3 aromatic rings. The maximum atomic E-state index is 11.7. The number of carbonyl (C=O) groups excluding carboxylic acids is 2.